The number of hydrogen-bond donors (Lipinski definition) is 5. The first kappa shape index (κ1) is 28.6. The summed E-state index contributed by atoms with van der Waals surface area (Å²) in [4.78, 5) is 59.9. The molecule has 4 rings (SSSR count). The van der Waals surface area contributed by atoms with Crippen molar-refractivity contribution in [1.29, 1.82) is 0 Å². The number of imidazole rings is 1. The van der Waals surface area contributed by atoms with Crippen LogP contribution in [0.1, 0.15) is 39.7 Å². The van der Waals surface area contributed by atoms with Crippen LogP contribution in [0.3, 0.4) is 0 Å². The minimum absolute atomic E-state index is 0.0226. The molecule has 4 heterocycles. The molecule has 0 radical (unpaired) electrons. The van der Waals surface area contributed by atoms with Crippen molar-refractivity contribution in [3.8, 4) is 0 Å². The van der Waals surface area contributed by atoms with Gasteiger partial charge in [-0.2, -0.15) is 8.62 Å². The number of aromatic nitrogens is 4. The van der Waals surface area contributed by atoms with Crippen LogP contribution in [0, 0.1) is 6.92 Å². The third-order valence-corrected chi connectivity index (χ3v) is 9.69. The van der Waals surface area contributed by atoms with E-state index in [-0.39, 0.29) is 11.2 Å². The molecule has 0 saturated carbocycles. The molecule has 2 saturated heterocycles. The van der Waals surface area contributed by atoms with Gasteiger partial charge in [0.15, 0.2) is 23.2 Å². The number of rotatable bonds is 8. The highest BCUT2D eigenvalue weighted by Crippen LogP contribution is 2.67. The summed E-state index contributed by atoms with van der Waals surface area (Å²) in [5.41, 5.74) is -3.02. The topological polar surface area (TPSA) is 251 Å². The van der Waals surface area contributed by atoms with Gasteiger partial charge in [-0.25, -0.2) is 23.7 Å². The van der Waals surface area contributed by atoms with Crippen molar-refractivity contribution in [1.82, 2.24) is 19.5 Å². The molecular weight excluding hydrogens is 565 g/mol. The van der Waals surface area contributed by atoms with E-state index in [0.29, 0.717) is 5.82 Å². The zero-order valence-electron chi connectivity index (χ0n) is 20.0. The molecule has 0 bridgehead atoms. The van der Waals surface area contributed by atoms with Crippen LogP contribution in [0.5, 0.6) is 0 Å². The molecule has 0 aliphatic carbocycles. The number of H-pyrrole nitrogens is 1. The highest BCUT2D eigenvalue weighted by atomic mass is 31.3. The van der Waals surface area contributed by atoms with E-state index in [9.17, 15) is 28.3 Å². The molecule has 6 atom stereocenters. The number of nitrogens with zero attached hydrogens (tertiary/aromatic N) is 3. The molecule has 21 heteroatoms. The minimum Gasteiger partial charge on any atom is -0.346 e. The fourth-order valence-electron chi connectivity index (χ4n) is 4.54. The molecule has 0 spiro atoms. The van der Waals surface area contributed by atoms with Crippen LogP contribution < -0.4 is 5.56 Å². The van der Waals surface area contributed by atoms with Crippen molar-refractivity contribution >= 4 is 34.6 Å². The van der Waals surface area contributed by atoms with Gasteiger partial charge in [0.2, 0.25) is 0 Å². The summed E-state index contributed by atoms with van der Waals surface area (Å²) in [5, 5.41) is 0. The minimum atomic E-state index is -5.71. The lowest BCUT2D eigenvalue weighted by Crippen LogP contribution is -2.52. The van der Waals surface area contributed by atoms with Gasteiger partial charge >= 0.3 is 23.5 Å². The number of phosphoric ester groups is 1. The second-order valence-corrected chi connectivity index (χ2v) is 13.6. The molecule has 18 nitrogen and oxygen atoms in total. The Morgan fingerprint density at radius 2 is 1.68 bits per heavy atom. The Labute approximate surface area is 208 Å². The third kappa shape index (κ3) is 5.40. The van der Waals surface area contributed by atoms with Crippen LogP contribution in [0.2, 0.25) is 0 Å². The summed E-state index contributed by atoms with van der Waals surface area (Å²) in [6.45, 7) is 7.25. The van der Waals surface area contributed by atoms with Gasteiger partial charge in [0.25, 0.3) is 5.56 Å². The molecule has 2 aliphatic heterocycles. The SMILES string of the molecule is Cc1nc2c(ncn2[C@@H]2O[C@H](COP(=O)(O)OP(=O)(O)OP(=O)(O)O)[C@@]3(C)OC(C)(C)O[C@@]23C)c(=O)[nH]1. The van der Waals surface area contributed by atoms with Gasteiger partial charge in [0.1, 0.15) is 23.1 Å². The summed E-state index contributed by atoms with van der Waals surface area (Å²) in [6.07, 6.45) is -0.954. The first-order valence-corrected chi connectivity index (χ1v) is 15.0. The van der Waals surface area contributed by atoms with Crippen LogP contribution in [-0.2, 0) is 41.1 Å². The van der Waals surface area contributed by atoms with E-state index < -0.39 is 65.0 Å². The maximum absolute atomic E-state index is 12.3. The summed E-state index contributed by atoms with van der Waals surface area (Å²) < 4.78 is 66.9. The van der Waals surface area contributed by atoms with Gasteiger partial charge in [0, 0.05) is 0 Å². The number of fused-ring (bicyclic) bond motifs is 2. The van der Waals surface area contributed by atoms with E-state index in [4.69, 9.17) is 28.5 Å². The Morgan fingerprint density at radius 3 is 2.30 bits per heavy atom. The van der Waals surface area contributed by atoms with Crippen molar-refractivity contribution in [3.63, 3.8) is 0 Å². The fraction of sp³-hybridized carbons (Fsp3) is 0.688. The smallest absolute Gasteiger partial charge is 0.346 e. The standard InChI is InChI=1S/C16H25N4O14P3/c1-8-18-11-10(12(21)19-8)17-7-20(11)13-16(5)15(4,31-14(2,3)32-16)9(30-13)6-29-36(25,26)34-37(27,28)33-35(22,23)24/h7,9,13H,6H2,1-5H3,(H,25,26)(H,27,28)(H,18,19,21)(H2,22,23,24)/t9-,13-,15-,16+/m1/s1. The average molecular weight is 590 g/mol. The maximum atomic E-state index is 12.3. The van der Waals surface area contributed by atoms with E-state index in [1.165, 1.54) is 10.9 Å². The van der Waals surface area contributed by atoms with Gasteiger partial charge < -0.3 is 38.8 Å². The van der Waals surface area contributed by atoms with Crippen molar-refractivity contribution in [2.75, 3.05) is 6.61 Å². The number of aryl methyl sites for hydroxylation is 1. The molecule has 2 aromatic heterocycles. The first-order valence-electron chi connectivity index (χ1n) is 10.4. The highest BCUT2D eigenvalue weighted by molar-refractivity contribution is 7.66. The van der Waals surface area contributed by atoms with Crippen LogP contribution in [0.15, 0.2) is 11.1 Å². The molecule has 2 aromatic rings. The fourth-order valence-corrected chi connectivity index (χ4v) is 7.56. The van der Waals surface area contributed by atoms with Crippen molar-refractivity contribution < 1.29 is 60.6 Å². The zero-order chi connectivity index (χ0) is 27.8. The van der Waals surface area contributed by atoms with E-state index in [1.807, 2.05) is 0 Å². The molecule has 5 N–H and O–H groups in total. The molecule has 0 aromatic carbocycles. The Kier molecular flexibility index (Phi) is 6.83. The van der Waals surface area contributed by atoms with Crippen molar-refractivity contribution in [2.45, 2.75) is 63.9 Å². The molecule has 2 aliphatic rings. The highest BCUT2D eigenvalue weighted by Gasteiger charge is 2.72. The molecule has 0 amide bonds. The largest absolute Gasteiger partial charge is 0.490 e. The van der Waals surface area contributed by atoms with Crippen LogP contribution >= 0.6 is 23.5 Å². The quantitative estimate of drug-likeness (QED) is 0.269. The lowest BCUT2D eigenvalue weighted by Gasteiger charge is -2.34. The van der Waals surface area contributed by atoms with E-state index in [0.717, 1.165) is 0 Å². The van der Waals surface area contributed by atoms with Gasteiger partial charge in [-0.3, -0.25) is 13.9 Å². The average Bonchev–Trinajstić information content (AvgIpc) is 3.20. The van der Waals surface area contributed by atoms with Gasteiger partial charge in [-0.15, -0.1) is 0 Å². The Balaban J connectivity index is 1.65. The first-order chi connectivity index (χ1) is 16.7. The number of nitrogens with one attached hydrogen (secondary N) is 1. The van der Waals surface area contributed by atoms with Crippen LogP contribution in [0.25, 0.3) is 11.2 Å². The van der Waals surface area contributed by atoms with E-state index >= 15 is 0 Å². The van der Waals surface area contributed by atoms with Crippen molar-refractivity contribution in [2.24, 2.45) is 0 Å². The zero-order valence-corrected chi connectivity index (χ0v) is 22.7. The second kappa shape index (κ2) is 8.83. The lowest BCUT2D eigenvalue weighted by molar-refractivity contribution is -0.224. The number of ether oxygens (including phenoxy) is 3. The number of aromatic amines is 1. The molecular formula is C16H25N4O14P3. The molecule has 2 unspecified atom stereocenters. The predicted octanol–water partition coefficient (Wildman–Crippen LogP) is 0.969. The summed E-state index contributed by atoms with van der Waals surface area (Å²) in [7, 11) is -16.7. The Hall–Kier alpha value is -1.36. The van der Waals surface area contributed by atoms with Crippen molar-refractivity contribution in [3.05, 3.63) is 22.5 Å². The summed E-state index contributed by atoms with van der Waals surface area (Å²) >= 11 is 0. The van der Waals surface area contributed by atoms with Gasteiger partial charge in [-0.1, -0.05) is 0 Å². The molecule has 208 valence electrons. The normalized spacial score (nSPS) is 32.8. The van der Waals surface area contributed by atoms with Gasteiger partial charge in [0.05, 0.1) is 12.9 Å². The molecule has 2 fully saturated rings. The van der Waals surface area contributed by atoms with E-state index in [1.54, 1.807) is 34.6 Å². The Bertz CT molecular complexity index is 1440. The predicted molar refractivity (Wildman–Crippen MR) is 120 cm³/mol. The summed E-state index contributed by atoms with van der Waals surface area (Å²) in [5.74, 6) is -0.878. The molecule has 37 heavy (non-hydrogen) atoms. The second-order valence-electron chi connectivity index (χ2n) is 9.16. The third-order valence-electron chi connectivity index (χ3n) is 5.89. The Morgan fingerprint density at radius 1 is 1.05 bits per heavy atom. The monoisotopic (exact) mass is 590 g/mol. The summed E-state index contributed by atoms with van der Waals surface area (Å²) in [6, 6.07) is 0. The van der Waals surface area contributed by atoms with Crippen LogP contribution in [-0.4, -0.2) is 68.8 Å². The number of phosphoric acid groups is 3. The lowest BCUT2D eigenvalue weighted by atomic mass is 9.83. The number of hydrogen-bond acceptors (Lipinski definition) is 12. The van der Waals surface area contributed by atoms with Gasteiger partial charge in [-0.05, 0) is 34.6 Å². The van der Waals surface area contributed by atoms with E-state index in [2.05, 4.69) is 23.6 Å². The van der Waals surface area contributed by atoms with Crippen LogP contribution in [0.4, 0.5) is 0 Å². The maximum Gasteiger partial charge on any atom is 0.490 e.